The van der Waals surface area contributed by atoms with Crippen molar-refractivity contribution in [3.8, 4) is 0 Å². The number of aryl methyl sites for hydroxylation is 1. The molecular formula is C10H12BrClN2OS. The Kier molecular flexibility index (Phi) is 5.48. The van der Waals surface area contributed by atoms with Crippen LogP contribution in [0, 0.1) is 6.92 Å². The predicted octanol–water partition coefficient (Wildman–Crippen LogP) is 3.52. The lowest BCUT2D eigenvalue weighted by atomic mass is 10.3. The summed E-state index contributed by atoms with van der Waals surface area (Å²) in [4.78, 5) is 1.31. The van der Waals surface area contributed by atoms with E-state index < -0.39 is 0 Å². The second kappa shape index (κ2) is 6.39. The second-order valence-electron chi connectivity index (χ2n) is 3.24. The van der Waals surface area contributed by atoms with Crippen LogP contribution < -0.4 is 5.32 Å². The monoisotopic (exact) mass is 322 g/mol. The molecule has 88 valence electrons. The Morgan fingerprint density at radius 1 is 1.44 bits per heavy atom. The molecule has 0 aliphatic heterocycles. The number of rotatable bonds is 4. The summed E-state index contributed by atoms with van der Waals surface area (Å²) in [6.07, 6.45) is 0. The van der Waals surface area contributed by atoms with Crippen molar-refractivity contribution in [2.24, 2.45) is 0 Å². The number of aromatic nitrogens is 1. The molecule has 0 spiro atoms. The first-order chi connectivity index (χ1) is 7.24. The molecule has 0 radical (unpaired) electrons. The maximum Gasteiger partial charge on any atom is 0.133 e. The molecule has 6 heteroatoms. The number of thiophene rings is 1. The molecule has 2 aromatic heterocycles. The normalized spacial score (nSPS) is 10.1. The highest BCUT2D eigenvalue weighted by atomic mass is 79.9. The van der Waals surface area contributed by atoms with Crippen LogP contribution in [0.25, 0.3) is 0 Å². The van der Waals surface area contributed by atoms with Gasteiger partial charge in [0.05, 0.1) is 9.48 Å². The molecule has 0 bridgehead atoms. The third-order valence-corrected chi connectivity index (χ3v) is 3.53. The summed E-state index contributed by atoms with van der Waals surface area (Å²) in [6.45, 7) is 3.50. The molecule has 0 aliphatic carbocycles. The largest absolute Gasteiger partial charge is 0.361 e. The van der Waals surface area contributed by atoms with Gasteiger partial charge in [0.2, 0.25) is 0 Å². The van der Waals surface area contributed by atoms with E-state index in [-0.39, 0.29) is 12.4 Å². The average molecular weight is 324 g/mol. The highest BCUT2D eigenvalue weighted by Crippen LogP contribution is 2.21. The maximum absolute atomic E-state index is 4.98. The van der Waals surface area contributed by atoms with Crippen molar-refractivity contribution in [1.82, 2.24) is 10.5 Å². The molecule has 0 fully saturated rings. The first kappa shape index (κ1) is 13.7. The first-order valence-electron chi connectivity index (χ1n) is 4.61. The lowest BCUT2D eigenvalue weighted by Crippen LogP contribution is -2.11. The number of hydrogen-bond donors (Lipinski definition) is 1. The van der Waals surface area contributed by atoms with Gasteiger partial charge in [-0.1, -0.05) is 5.16 Å². The summed E-state index contributed by atoms with van der Waals surface area (Å²) < 4.78 is 6.14. The van der Waals surface area contributed by atoms with Crippen LogP contribution in [-0.4, -0.2) is 5.16 Å². The Hall–Kier alpha value is -0.360. The van der Waals surface area contributed by atoms with Crippen LogP contribution in [0.15, 0.2) is 26.5 Å². The van der Waals surface area contributed by atoms with E-state index in [9.17, 15) is 0 Å². The van der Waals surface area contributed by atoms with Gasteiger partial charge in [0.15, 0.2) is 0 Å². The molecule has 1 N–H and O–H groups in total. The number of nitrogens with one attached hydrogen (secondary N) is 1. The third-order valence-electron chi connectivity index (χ3n) is 1.91. The Morgan fingerprint density at radius 2 is 2.25 bits per heavy atom. The minimum absolute atomic E-state index is 0. The van der Waals surface area contributed by atoms with Crippen LogP contribution in [0.1, 0.15) is 16.3 Å². The van der Waals surface area contributed by atoms with Crippen molar-refractivity contribution in [3.05, 3.63) is 38.3 Å². The van der Waals surface area contributed by atoms with Gasteiger partial charge in [0.25, 0.3) is 0 Å². The summed E-state index contributed by atoms with van der Waals surface area (Å²) in [5, 5.41) is 7.22. The third kappa shape index (κ3) is 3.90. The van der Waals surface area contributed by atoms with Crippen LogP contribution >= 0.6 is 39.7 Å². The molecule has 16 heavy (non-hydrogen) atoms. The van der Waals surface area contributed by atoms with E-state index in [1.807, 2.05) is 13.0 Å². The highest BCUT2D eigenvalue weighted by molar-refractivity contribution is 9.11. The van der Waals surface area contributed by atoms with Gasteiger partial charge in [-0.05, 0) is 35.0 Å². The van der Waals surface area contributed by atoms with Gasteiger partial charge in [-0.25, -0.2) is 0 Å². The van der Waals surface area contributed by atoms with Gasteiger partial charge in [-0.3, -0.25) is 0 Å². The van der Waals surface area contributed by atoms with Crippen LogP contribution in [0.3, 0.4) is 0 Å². The van der Waals surface area contributed by atoms with Crippen molar-refractivity contribution < 1.29 is 4.52 Å². The Bertz CT molecular complexity index is 403. The van der Waals surface area contributed by atoms with E-state index in [1.54, 1.807) is 11.3 Å². The molecule has 0 atom stereocenters. The minimum Gasteiger partial charge on any atom is -0.361 e. The lowest BCUT2D eigenvalue weighted by molar-refractivity contribution is 0.388. The van der Waals surface area contributed by atoms with Gasteiger partial charge in [-0.15, -0.1) is 23.7 Å². The van der Waals surface area contributed by atoms with Gasteiger partial charge in [-0.2, -0.15) is 0 Å². The Labute approximate surface area is 113 Å². The van der Waals surface area contributed by atoms with Crippen LogP contribution in [0.5, 0.6) is 0 Å². The molecule has 0 amide bonds. The van der Waals surface area contributed by atoms with Crippen molar-refractivity contribution in [2.75, 3.05) is 0 Å². The van der Waals surface area contributed by atoms with E-state index in [0.717, 1.165) is 28.3 Å². The first-order valence-corrected chi connectivity index (χ1v) is 6.22. The van der Waals surface area contributed by atoms with Crippen molar-refractivity contribution >= 4 is 39.7 Å². The second-order valence-corrected chi connectivity index (χ2v) is 5.79. The number of nitrogens with zero attached hydrogens (tertiary/aromatic N) is 1. The molecular weight excluding hydrogens is 312 g/mol. The zero-order chi connectivity index (χ0) is 10.7. The van der Waals surface area contributed by atoms with Crippen molar-refractivity contribution in [3.63, 3.8) is 0 Å². The topological polar surface area (TPSA) is 38.1 Å². The molecule has 2 rings (SSSR count). The molecule has 2 heterocycles. The molecule has 0 aromatic carbocycles. The van der Waals surface area contributed by atoms with E-state index in [4.69, 9.17) is 4.52 Å². The fourth-order valence-corrected chi connectivity index (χ4v) is 2.71. The van der Waals surface area contributed by atoms with Gasteiger partial charge < -0.3 is 9.84 Å². The average Bonchev–Trinajstić information content (AvgIpc) is 2.76. The molecule has 0 saturated carbocycles. The summed E-state index contributed by atoms with van der Waals surface area (Å²) in [5.74, 6) is 0.852. The van der Waals surface area contributed by atoms with Crippen LogP contribution in [-0.2, 0) is 13.1 Å². The molecule has 0 saturated heterocycles. The minimum atomic E-state index is 0. The lowest BCUT2D eigenvalue weighted by Gasteiger charge is -1.98. The number of halogens is 2. The summed E-state index contributed by atoms with van der Waals surface area (Å²) in [5.41, 5.74) is 0.947. The SMILES string of the molecule is Cc1cc(CNCc2ccc(Br)s2)no1.Cl. The molecule has 0 unspecified atom stereocenters. The van der Waals surface area contributed by atoms with Gasteiger partial charge >= 0.3 is 0 Å². The standard InChI is InChI=1S/C10H11BrN2OS.ClH/c1-7-4-8(13-14-7)5-12-6-9-2-3-10(11)15-9;/h2-4,12H,5-6H2,1H3;1H. The summed E-state index contributed by atoms with van der Waals surface area (Å²) in [7, 11) is 0. The fourth-order valence-electron chi connectivity index (χ4n) is 1.26. The molecule has 2 aromatic rings. The zero-order valence-corrected chi connectivity index (χ0v) is 11.9. The predicted molar refractivity (Wildman–Crippen MR) is 71.1 cm³/mol. The molecule has 0 aliphatic rings. The van der Waals surface area contributed by atoms with Crippen molar-refractivity contribution in [1.29, 1.82) is 0 Å². The van der Waals surface area contributed by atoms with Gasteiger partial charge in [0, 0.05) is 24.0 Å². The van der Waals surface area contributed by atoms with E-state index in [0.29, 0.717) is 0 Å². The van der Waals surface area contributed by atoms with Crippen LogP contribution in [0.4, 0.5) is 0 Å². The summed E-state index contributed by atoms with van der Waals surface area (Å²) >= 11 is 5.17. The zero-order valence-electron chi connectivity index (χ0n) is 8.70. The van der Waals surface area contributed by atoms with E-state index >= 15 is 0 Å². The smallest absolute Gasteiger partial charge is 0.133 e. The maximum atomic E-state index is 4.98. The Balaban J connectivity index is 0.00000128. The van der Waals surface area contributed by atoms with E-state index in [2.05, 4.69) is 38.5 Å². The highest BCUT2D eigenvalue weighted by Gasteiger charge is 2.00. The van der Waals surface area contributed by atoms with Crippen LogP contribution in [0.2, 0.25) is 0 Å². The Morgan fingerprint density at radius 3 is 2.81 bits per heavy atom. The van der Waals surface area contributed by atoms with Gasteiger partial charge in [0.1, 0.15) is 5.76 Å². The number of hydrogen-bond acceptors (Lipinski definition) is 4. The fraction of sp³-hybridized carbons (Fsp3) is 0.300. The quantitative estimate of drug-likeness (QED) is 0.935. The summed E-state index contributed by atoms with van der Waals surface area (Å²) in [6, 6.07) is 6.11. The van der Waals surface area contributed by atoms with E-state index in [1.165, 1.54) is 4.88 Å². The van der Waals surface area contributed by atoms with Crippen molar-refractivity contribution in [2.45, 2.75) is 20.0 Å². The molecule has 3 nitrogen and oxygen atoms in total.